The van der Waals surface area contributed by atoms with Crippen molar-refractivity contribution in [3.8, 4) is 0 Å². The van der Waals surface area contributed by atoms with Gasteiger partial charge in [0.25, 0.3) is 0 Å². The molecule has 0 unspecified atom stereocenters. The molecule has 0 saturated carbocycles. The summed E-state index contributed by atoms with van der Waals surface area (Å²) in [6.07, 6.45) is 3.48. The number of benzene rings is 1. The Morgan fingerprint density at radius 1 is 0.944 bits per heavy atom. The van der Waals surface area contributed by atoms with Crippen molar-refractivity contribution in [1.82, 2.24) is 15.2 Å². The number of para-hydroxylation sites is 1. The molecule has 0 aliphatic heterocycles. The van der Waals surface area contributed by atoms with Crippen LogP contribution in [0.4, 0.5) is 5.69 Å². The molecule has 4 nitrogen and oxygen atoms in total. The second kappa shape index (κ2) is 4.79. The smallest absolute Gasteiger partial charge is 0.0821 e. The first-order valence-corrected chi connectivity index (χ1v) is 5.78. The molecule has 0 bridgehead atoms. The standard InChI is InChI=1S/C14H12N4/c1-2-6-13-12(5-1)14(7-9-15-13)16-10-11-4-3-8-17-18-11/h1-9H,10H2,(H,15,16). The minimum Gasteiger partial charge on any atom is -0.379 e. The van der Waals surface area contributed by atoms with Crippen molar-refractivity contribution in [2.24, 2.45) is 0 Å². The molecule has 4 heteroatoms. The number of nitrogens with one attached hydrogen (secondary N) is 1. The molecular formula is C14H12N4. The summed E-state index contributed by atoms with van der Waals surface area (Å²) >= 11 is 0. The van der Waals surface area contributed by atoms with Crippen LogP contribution in [-0.4, -0.2) is 15.2 Å². The number of hydrogen-bond acceptors (Lipinski definition) is 4. The number of fused-ring (bicyclic) bond motifs is 1. The zero-order valence-corrected chi connectivity index (χ0v) is 9.74. The third-order valence-electron chi connectivity index (χ3n) is 2.74. The van der Waals surface area contributed by atoms with Gasteiger partial charge in [-0.2, -0.15) is 10.2 Å². The van der Waals surface area contributed by atoms with Gasteiger partial charge in [-0.05, 0) is 24.3 Å². The fourth-order valence-electron chi connectivity index (χ4n) is 1.86. The Bertz CT molecular complexity index is 647. The number of nitrogens with zero attached hydrogens (tertiary/aromatic N) is 3. The van der Waals surface area contributed by atoms with Crippen LogP contribution < -0.4 is 5.32 Å². The second-order valence-corrected chi connectivity index (χ2v) is 3.94. The molecule has 2 heterocycles. The lowest BCUT2D eigenvalue weighted by Gasteiger charge is -2.08. The highest BCUT2D eigenvalue weighted by molar-refractivity contribution is 5.90. The lowest BCUT2D eigenvalue weighted by atomic mass is 10.2. The zero-order valence-electron chi connectivity index (χ0n) is 9.74. The molecule has 3 rings (SSSR count). The van der Waals surface area contributed by atoms with E-state index in [0.29, 0.717) is 6.54 Å². The van der Waals surface area contributed by atoms with E-state index < -0.39 is 0 Å². The molecule has 2 aromatic heterocycles. The summed E-state index contributed by atoms with van der Waals surface area (Å²) in [4.78, 5) is 4.33. The Balaban J connectivity index is 1.87. The van der Waals surface area contributed by atoms with E-state index in [1.165, 1.54) is 0 Å². The second-order valence-electron chi connectivity index (χ2n) is 3.94. The Labute approximate surface area is 105 Å². The van der Waals surface area contributed by atoms with Gasteiger partial charge in [0.1, 0.15) is 0 Å². The summed E-state index contributed by atoms with van der Waals surface area (Å²) < 4.78 is 0. The number of hydrogen-bond donors (Lipinski definition) is 1. The molecule has 0 fully saturated rings. The van der Waals surface area contributed by atoms with E-state index in [-0.39, 0.29) is 0 Å². The summed E-state index contributed by atoms with van der Waals surface area (Å²) in [7, 11) is 0. The third kappa shape index (κ3) is 2.13. The maximum absolute atomic E-state index is 4.33. The fourth-order valence-corrected chi connectivity index (χ4v) is 1.86. The first-order chi connectivity index (χ1) is 8.93. The van der Waals surface area contributed by atoms with Crippen LogP contribution >= 0.6 is 0 Å². The maximum atomic E-state index is 4.33. The number of pyridine rings is 1. The van der Waals surface area contributed by atoms with Gasteiger partial charge in [0.2, 0.25) is 0 Å². The van der Waals surface area contributed by atoms with Crippen molar-refractivity contribution in [3.05, 3.63) is 60.6 Å². The van der Waals surface area contributed by atoms with E-state index >= 15 is 0 Å². The van der Waals surface area contributed by atoms with Crippen molar-refractivity contribution < 1.29 is 0 Å². The summed E-state index contributed by atoms with van der Waals surface area (Å²) in [6.45, 7) is 0.655. The van der Waals surface area contributed by atoms with Gasteiger partial charge in [-0.25, -0.2) is 0 Å². The van der Waals surface area contributed by atoms with Crippen LogP contribution in [0.2, 0.25) is 0 Å². The van der Waals surface area contributed by atoms with Crippen molar-refractivity contribution in [1.29, 1.82) is 0 Å². The van der Waals surface area contributed by atoms with E-state index in [1.54, 1.807) is 12.4 Å². The van der Waals surface area contributed by atoms with Crippen molar-refractivity contribution in [2.45, 2.75) is 6.54 Å². The zero-order chi connectivity index (χ0) is 12.2. The van der Waals surface area contributed by atoms with E-state index in [0.717, 1.165) is 22.3 Å². The highest BCUT2D eigenvalue weighted by Gasteiger charge is 2.01. The van der Waals surface area contributed by atoms with Crippen molar-refractivity contribution in [2.75, 3.05) is 5.32 Å². The highest BCUT2D eigenvalue weighted by Crippen LogP contribution is 2.21. The molecule has 0 amide bonds. The Morgan fingerprint density at radius 2 is 1.89 bits per heavy atom. The van der Waals surface area contributed by atoms with Crippen LogP contribution in [-0.2, 0) is 6.54 Å². The van der Waals surface area contributed by atoms with Crippen LogP contribution in [0.1, 0.15) is 5.69 Å². The molecule has 0 radical (unpaired) electrons. The van der Waals surface area contributed by atoms with Gasteiger partial charge in [-0.3, -0.25) is 4.98 Å². The van der Waals surface area contributed by atoms with Crippen LogP contribution in [0.3, 0.4) is 0 Å². The predicted octanol–water partition coefficient (Wildman–Crippen LogP) is 2.64. The van der Waals surface area contributed by atoms with Crippen LogP contribution in [0, 0.1) is 0 Å². The van der Waals surface area contributed by atoms with Crippen LogP contribution in [0.5, 0.6) is 0 Å². The van der Waals surface area contributed by atoms with Gasteiger partial charge < -0.3 is 5.32 Å². The summed E-state index contributed by atoms with van der Waals surface area (Å²) in [6, 6.07) is 13.9. The summed E-state index contributed by atoms with van der Waals surface area (Å²) in [5.41, 5.74) is 2.96. The molecule has 3 aromatic rings. The molecule has 1 N–H and O–H groups in total. The average Bonchev–Trinajstić information content (AvgIpc) is 2.46. The summed E-state index contributed by atoms with van der Waals surface area (Å²) in [5.74, 6) is 0. The number of anilines is 1. The topological polar surface area (TPSA) is 50.7 Å². The molecular weight excluding hydrogens is 224 g/mol. The molecule has 1 aromatic carbocycles. The minimum atomic E-state index is 0.655. The molecule has 18 heavy (non-hydrogen) atoms. The van der Waals surface area contributed by atoms with E-state index in [1.807, 2.05) is 36.4 Å². The Morgan fingerprint density at radius 3 is 2.78 bits per heavy atom. The number of rotatable bonds is 3. The number of aromatic nitrogens is 3. The minimum absolute atomic E-state index is 0.655. The van der Waals surface area contributed by atoms with Gasteiger partial charge in [0.15, 0.2) is 0 Å². The first-order valence-electron chi connectivity index (χ1n) is 5.78. The molecule has 88 valence electrons. The lowest BCUT2D eigenvalue weighted by Crippen LogP contribution is -2.02. The van der Waals surface area contributed by atoms with Gasteiger partial charge in [-0.15, -0.1) is 0 Å². The monoisotopic (exact) mass is 236 g/mol. The van der Waals surface area contributed by atoms with Crippen molar-refractivity contribution in [3.63, 3.8) is 0 Å². The largest absolute Gasteiger partial charge is 0.379 e. The quantitative estimate of drug-likeness (QED) is 0.759. The van der Waals surface area contributed by atoms with Gasteiger partial charge in [0, 0.05) is 23.5 Å². The van der Waals surface area contributed by atoms with E-state index in [2.05, 4.69) is 26.6 Å². The average molecular weight is 236 g/mol. The van der Waals surface area contributed by atoms with Crippen molar-refractivity contribution >= 4 is 16.6 Å². The van der Waals surface area contributed by atoms with Crippen LogP contribution in [0.15, 0.2) is 54.9 Å². The molecule has 0 aliphatic carbocycles. The molecule has 0 spiro atoms. The van der Waals surface area contributed by atoms with Gasteiger partial charge in [0.05, 0.1) is 17.8 Å². The fraction of sp³-hybridized carbons (Fsp3) is 0.0714. The molecule has 0 atom stereocenters. The molecule has 0 aliphatic rings. The molecule has 0 saturated heterocycles. The maximum Gasteiger partial charge on any atom is 0.0821 e. The van der Waals surface area contributed by atoms with Gasteiger partial charge >= 0.3 is 0 Å². The van der Waals surface area contributed by atoms with E-state index in [4.69, 9.17) is 0 Å². The predicted molar refractivity (Wildman–Crippen MR) is 71.1 cm³/mol. The summed E-state index contributed by atoms with van der Waals surface area (Å²) in [5, 5.41) is 12.4. The van der Waals surface area contributed by atoms with Crippen LogP contribution in [0.25, 0.3) is 10.9 Å². The lowest BCUT2D eigenvalue weighted by molar-refractivity contribution is 0.925. The SMILES string of the molecule is c1cnnc(CNc2ccnc3ccccc23)c1. The van der Waals surface area contributed by atoms with E-state index in [9.17, 15) is 0 Å². The normalized spacial score (nSPS) is 10.4. The third-order valence-corrected chi connectivity index (χ3v) is 2.74. The highest BCUT2D eigenvalue weighted by atomic mass is 15.1. The van der Waals surface area contributed by atoms with Gasteiger partial charge in [-0.1, -0.05) is 18.2 Å². The first kappa shape index (κ1) is 10.7. The Kier molecular flexibility index (Phi) is 2.84. The Hall–Kier alpha value is -2.49.